The van der Waals surface area contributed by atoms with Crippen LogP contribution in [0.4, 0.5) is 4.39 Å². The van der Waals surface area contributed by atoms with Crippen LogP contribution in [-0.2, 0) is 4.79 Å². The third-order valence-electron chi connectivity index (χ3n) is 5.06. The molecule has 0 unspecified atom stereocenters. The maximum Gasteiger partial charge on any atom is 0.263 e. The van der Waals surface area contributed by atoms with E-state index in [1.54, 1.807) is 6.92 Å². The van der Waals surface area contributed by atoms with Crippen molar-refractivity contribution in [3.63, 3.8) is 0 Å². The SMILES string of the molecule is C[C@H](Oc1ccc(F)cc1Br)C(=O)N1CCC(c2nnc3ccccn23)CC1. The molecule has 1 aliphatic heterocycles. The van der Waals surface area contributed by atoms with Crippen molar-refractivity contribution in [1.29, 1.82) is 0 Å². The van der Waals surface area contributed by atoms with Gasteiger partial charge in [0.25, 0.3) is 5.91 Å². The molecule has 4 rings (SSSR count). The summed E-state index contributed by atoms with van der Waals surface area (Å²) in [5.74, 6) is 1.24. The Kier molecular flexibility index (Phi) is 5.30. The van der Waals surface area contributed by atoms with Gasteiger partial charge >= 0.3 is 0 Å². The van der Waals surface area contributed by atoms with Crippen LogP contribution in [0.25, 0.3) is 5.65 Å². The van der Waals surface area contributed by atoms with Crippen molar-refractivity contribution in [3.8, 4) is 5.75 Å². The molecule has 1 amide bonds. The molecule has 0 bridgehead atoms. The first-order valence-electron chi connectivity index (χ1n) is 9.23. The molecule has 1 fully saturated rings. The van der Waals surface area contributed by atoms with Gasteiger partial charge in [0.1, 0.15) is 17.4 Å². The first kappa shape index (κ1) is 18.9. The lowest BCUT2D eigenvalue weighted by Gasteiger charge is -2.33. The van der Waals surface area contributed by atoms with Gasteiger partial charge in [-0.25, -0.2) is 4.39 Å². The van der Waals surface area contributed by atoms with Crippen LogP contribution in [0.2, 0.25) is 0 Å². The third-order valence-corrected chi connectivity index (χ3v) is 5.68. The number of hydrogen-bond acceptors (Lipinski definition) is 4. The number of carbonyl (C=O) groups is 1. The molecule has 1 saturated heterocycles. The van der Waals surface area contributed by atoms with E-state index >= 15 is 0 Å². The average Bonchev–Trinajstić information content (AvgIpc) is 3.14. The molecular formula is C20H20BrFN4O2. The maximum atomic E-state index is 13.2. The molecule has 1 aromatic carbocycles. The zero-order valence-electron chi connectivity index (χ0n) is 15.4. The number of pyridine rings is 1. The number of halogens is 2. The van der Waals surface area contributed by atoms with E-state index in [9.17, 15) is 9.18 Å². The van der Waals surface area contributed by atoms with E-state index in [-0.39, 0.29) is 17.6 Å². The van der Waals surface area contributed by atoms with Crippen molar-refractivity contribution in [1.82, 2.24) is 19.5 Å². The minimum atomic E-state index is -0.646. The number of benzene rings is 1. The Balaban J connectivity index is 1.38. The Labute approximate surface area is 170 Å². The molecule has 0 N–H and O–H groups in total. The van der Waals surface area contributed by atoms with Crippen molar-refractivity contribution in [2.24, 2.45) is 0 Å². The van der Waals surface area contributed by atoms with E-state index < -0.39 is 6.10 Å². The normalized spacial score (nSPS) is 16.3. The Hall–Kier alpha value is -2.48. The average molecular weight is 447 g/mol. The van der Waals surface area contributed by atoms with Crippen LogP contribution in [-0.4, -0.2) is 44.6 Å². The lowest BCUT2D eigenvalue weighted by Crippen LogP contribution is -2.44. The second kappa shape index (κ2) is 7.87. The zero-order valence-corrected chi connectivity index (χ0v) is 17.0. The second-order valence-corrected chi connectivity index (χ2v) is 7.78. The monoisotopic (exact) mass is 446 g/mol. The summed E-state index contributed by atoms with van der Waals surface area (Å²) in [5, 5.41) is 8.56. The quantitative estimate of drug-likeness (QED) is 0.611. The van der Waals surface area contributed by atoms with Crippen molar-refractivity contribution in [2.45, 2.75) is 31.8 Å². The van der Waals surface area contributed by atoms with Crippen molar-refractivity contribution in [3.05, 3.63) is 58.7 Å². The molecule has 3 heterocycles. The number of amides is 1. The maximum absolute atomic E-state index is 13.2. The summed E-state index contributed by atoms with van der Waals surface area (Å²) in [6.45, 7) is 3.00. The molecular weight excluding hydrogens is 427 g/mol. The summed E-state index contributed by atoms with van der Waals surface area (Å²) >= 11 is 3.27. The highest BCUT2D eigenvalue weighted by molar-refractivity contribution is 9.10. The molecule has 1 aliphatic rings. The van der Waals surface area contributed by atoms with Crippen molar-refractivity contribution in [2.75, 3.05) is 13.1 Å². The number of hydrogen-bond donors (Lipinski definition) is 0. The summed E-state index contributed by atoms with van der Waals surface area (Å²) in [7, 11) is 0. The molecule has 1 atom stereocenters. The fourth-order valence-corrected chi connectivity index (χ4v) is 4.01. The number of piperidine rings is 1. The van der Waals surface area contributed by atoms with Gasteiger partial charge in [-0.2, -0.15) is 0 Å². The lowest BCUT2D eigenvalue weighted by atomic mass is 9.95. The van der Waals surface area contributed by atoms with Gasteiger partial charge in [-0.05, 0) is 66.0 Å². The second-order valence-electron chi connectivity index (χ2n) is 6.92. The largest absolute Gasteiger partial charge is 0.480 e. The number of aromatic nitrogens is 3. The number of likely N-dealkylation sites (tertiary alicyclic amines) is 1. The number of nitrogens with zero attached hydrogens (tertiary/aromatic N) is 4. The van der Waals surface area contributed by atoms with Crippen LogP contribution in [0.3, 0.4) is 0 Å². The van der Waals surface area contributed by atoms with Gasteiger partial charge in [0.2, 0.25) is 0 Å². The third kappa shape index (κ3) is 3.73. The minimum Gasteiger partial charge on any atom is -0.480 e. The topological polar surface area (TPSA) is 59.7 Å². The van der Waals surface area contributed by atoms with Gasteiger partial charge in [0.15, 0.2) is 11.8 Å². The summed E-state index contributed by atoms with van der Waals surface area (Å²) in [6, 6.07) is 9.99. The molecule has 28 heavy (non-hydrogen) atoms. The first-order chi connectivity index (χ1) is 13.5. The summed E-state index contributed by atoms with van der Waals surface area (Å²) in [4.78, 5) is 14.6. The standard InChI is InChI=1S/C20H20BrFN4O2/c1-13(28-17-6-5-15(22)12-16(17)21)20(27)25-10-7-14(8-11-25)19-24-23-18-4-2-3-9-26(18)19/h2-6,9,12-14H,7-8,10-11H2,1H3/t13-/m0/s1. The summed E-state index contributed by atoms with van der Waals surface area (Å²) in [6.07, 6.45) is 2.98. The Bertz CT molecular complexity index is 1000. The van der Waals surface area contributed by atoms with E-state index in [4.69, 9.17) is 4.74 Å². The molecule has 2 aromatic heterocycles. The predicted molar refractivity (Wildman–Crippen MR) is 106 cm³/mol. The molecule has 0 aliphatic carbocycles. The van der Waals surface area contributed by atoms with E-state index in [0.717, 1.165) is 24.3 Å². The minimum absolute atomic E-state index is 0.0687. The Morgan fingerprint density at radius 2 is 2.04 bits per heavy atom. The highest BCUT2D eigenvalue weighted by Crippen LogP contribution is 2.29. The molecule has 0 saturated carbocycles. The molecule has 146 valence electrons. The van der Waals surface area contributed by atoms with Gasteiger partial charge in [0.05, 0.1) is 4.47 Å². The van der Waals surface area contributed by atoms with Gasteiger partial charge in [-0.3, -0.25) is 9.20 Å². The molecule has 8 heteroatoms. The van der Waals surface area contributed by atoms with Crippen LogP contribution >= 0.6 is 15.9 Å². The number of carbonyl (C=O) groups excluding carboxylic acids is 1. The van der Waals surface area contributed by atoms with Crippen LogP contribution in [0, 0.1) is 5.82 Å². The molecule has 0 spiro atoms. The molecule has 0 radical (unpaired) electrons. The fourth-order valence-electron chi connectivity index (χ4n) is 3.57. The smallest absolute Gasteiger partial charge is 0.263 e. The summed E-state index contributed by atoms with van der Waals surface area (Å²) in [5.41, 5.74) is 0.836. The van der Waals surface area contributed by atoms with E-state index in [0.29, 0.717) is 23.3 Å². The highest BCUT2D eigenvalue weighted by atomic mass is 79.9. The van der Waals surface area contributed by atoms with Crippen LogP contribution in [0.5, 0.6) is 5.75 Å². The van der Waals surface area contributed by atoms with Crippen molar-refractivity contribution < 1.29 is 13.9 Å². The van der Waals surface area contributed by atoms with Gasteiger partial charge < -0.3 is 9.64 Å². The van der Waals surface area contributed by atoms with E-state index in [1.165, 1.54) is 18.2 Å². The zero-order chi connectivity index (χ0) is 19.7. The molecule has 6 nitrogen and oxygen atoms in total. The first-order valence-corrected chi connectivity index (χ1v) is 10.0. The number of fused-ring (bicyclic) bond motifs is 1. The van der Waals surface area contributed by atoms with Gasteiger partial charge in [-0.1, -0.05) is 6.07 Å². The highest BCUT2D eigenvalue weighted by Gasteiger charge is 2.29. The van der Waals surface area contributed by atoms with Crippen LogP contribution < -0.4 is 4.74 Å². The van der Waals surface area contributed by atoms with Crippen LogP contribution in [0.1, 0.15) is 31.5 Å². The van der Waals surface area contributed by atoms with Crippen molar-refractivity contribution >= 4 is 27.5 Å². The van der Waals surface area contributed by atoms with Gasteiger partial charge in [0, 0.05) is 25.2 Å². The van der Waals surface area contributed by atoms with Gasteiger partial charge in [-0.15, -0.1) is 10.2 Å². The number of ether oxygens (including phenoxy) is 1. The number of rotatable bonds is 4. The predicted octanol–water partition coefficient (Wildman–Crippen LogP) is 3.80. The van der Waals surface area contributed by atoms with Crippen LogP contribution in [0.15, 0.2) is 47.1 Å². The Morgan fingerprint density at radius 1 is 1.25 bits per heavy atom. The fraction of sp³-hybridized carbons (Fsp3) is 0.350. The molecule has 3 aromatic rings. The van der Waals surface area contributed by atoms with E-state index in [2.05, 4.69) is 26.1 Å². The van der Waals surface area contributed by atoms with E-state index in [1.807, 2.05) is 33.7 Å². The Morgan fingerprint density at radius 3 is 2.79 bits per heavy atom. The lowest BCUT2D eigenvalue weighted by molar-refractivity contribution is -0.139. The summed E-state index contributed by atoms with van der Waals surface area (Å²) < 4.78 is 21.5.